The van der Waals surface area contributed by atoms with Gasteiger partial charge in [0.15, 0.2) is 0 Å². The molecule has 0 aromatic heterocycles. The van der Waals surface area contributed by atoms with Crippen molar-refractivity contribution in [3.05, 3.63) is 59.7 Å². The lowest BCUT2D eigenvalue weighted by molar-refractivity contribution is 0.0696. The molecule has 1 atom stereocenters. The van der Waals surface area contributed by atoms with E-state index in [1.165, 1.54) is 18.2 Å². The molecule has 1 aliphatic rings. The van der Waals surface area contributed by atoms with Gasteiger partial charge in [-0.25, -0.2) is 17.9 Å². The number of fused-ring (bicyclic) bond motifs is 1. The smallest absolute Gasteiger partial charge is 0.335 e. The van der Waals surface area contributed by atoms with Gasteiger partial charge in [0, 0.05) is 5.56 Å². The number of carboxylic acid groups (broad SMARTS) is 1. The fourth-order valence-electron chi connectivity index (χ4n) is 2.31. The molecule has 6 nitrogen and oxygen atoms in total. The van der Waals surface area contributed by atoms with Crippen LogP contribution in [-0.4, -0.2) is 26.1 Å². The van der Waals surface area contributed by atoms with E-state index >= 15 is 0 Å². The van der Waals surface area contributed by atoms with Gasteiger partial charge in [0.2, 0.25) is 10.0 Å². The summed E-state index contributed by atoms with van der Waals surface area (Å²) in [6.45, 7) is 0.206. The van der Waals surface area contributed by atoms with Gasteiger partial charge in [-0.05, 0) is 24.3 Å². The maximum absolute atomic E-state index is 12.4. The van der Waals surface area contributed by atoms with E-state index in [9.17, 15) is 13.2 Å². The number of sulfonamides is 1. The Bertz CT molecular complexity index is 831. The third-order valence-electron chi connectivity index (χ3n) is 3.39. The van der Waals surface area contributed by atoms with Crippen LogP contribution in [0.15, 0.2) is 53.4 Å². The lowest BCUT2D eigenvalue weighted by atomic mass is 10.1. The highest BCUT2D eigenvalue weighted by Gasteiger charge is 2.28. The fraction of sp³-hybridized carbons (Fsp3) is 0.133. The van der Waals surface area contributed by atoms with E-state index in [-0.39, 0.29) is 17.1 Å². The number of ether oxygens (including phenoxy) is 1. The van der Waals surface area contributed by atoms with Crippen LogP contribution in [0.1, 0.15) is 22.0 Å². The average Bonchev–Trinajstić information content (AvgIpc) is 2.90. The number of hydrogen-bond donors (Lipinski definition) is 2. The number of carboxylic acids is 1. The standard InChI is InChI=1S/C15H13NO5S/c17-15(18)10-4-3-5-11(8-10)22(19,20)16-13-9-21-14-7-2-1-6-12(13)14/h1-8,13,16H,9H2,(H,17,18). The lowest BCUT2D eigenvalue weighted by Gasteiger charge is -2.12. The number of carbonyl (C=O) groups is 1. The number of rotatable bonds is 4. The van der Waals surface area contributed by atoms with E-state index in [1.54, 1.807) is 18.2 Å². The molecule has 3 rings (SSSR count). The van der Waals surface area contributed by atoms with Crippen molar-refractivity contribution >= 4 is 16.0 Å². The second-order valence-electron chi connectivity index (χ2n) is 4.86. The van der Waals surface area contributed by atoms with Gasteiger partial charge < -0.3 is 9.84 Å². The quantitative estimate of drug-likeness (QED) is 0.896. The molecule has 1 unspecified atom stereocenters. The molecule has 0 radical (unpaired) electrons. The van der Waals surface area contributed by atoms with E-state index < -0.39 is 22.0 Å². The average molecular weight is 319 g/mol. The van der Waals surface area contributed by atoms with Gasteiger partial charge >= 0.3 is 5.97 Å². The Morgan fingerprint density at radius 3 is 2.73 bits per heavy atom. The number of para-hydroxylation sites is 1. The van der Waals surface area contributed by atoms with Crippen LogP contribution in [0.5, 0.6) is 5.75 Å². The highest BCUT2D eigenvalue weighted by atomic mass is 32.2. The molecule has 0 saturated heterocycles. The normalized spacial score (nSPS) is 16.8. The topological polar surface area (TPSA) is 92.7 Å². The minimum absolute atomic E-state index is 0.0778. The third-order valence-corrected chi connectivity index (χ3v) is 4.86. The molecule has 2 N–H and O–H groups in total. The summed E-state index contributed by atoms with van der Waals surface area (Å²) < 4.78 is 32.8. The van der Waals surface area contributed by atoms with Crippen LogP contribution in [0.2, 0.25) is 0 Å². The summed E-state index contributed by atoms with van der Waals surface area (Å²) in [6, 6.07) is 11.9. The van der Waals surface area contributed by atoms with Crippen LogP contribution < -0.4 is 9.46 Å². The molecule has 0 spiro atoms. The van der Waals surface area contributed by atoms with Crippen LogP contribution in [-0.2, 0) is 10.0 Å². The number of benzene rings is 2. The van der Waals surface area contributed by atoms with E-state index in [1.807, 2.05) is 6.07 Å². The van der Waals surface area contributed by atoms with Gasteiger partial charge in [0.25, 0.3) is 0 Å². The summed E-state index contributed by atoms with van der Waals surface area (Å²) in [6.07, 6.45) is 0. The first-order valence-corrected chi connectivity index (χ1v) is 8.03. The minimum atomic E-state index is -3.84. The lowest BCUT2D eigenvalue weighted by Crippen LogP contribution is -2.29. The van der Waals surface area contributed by atoms with E-state index in [0.29, 0.717) is 5.75 Å². The van der Waals surface area contributed by atoms with Gasteiger partial charge in [0.05, 0.1) is 16.5 Å². The first kappa shape index (κ1) is 14.6. The Morgan fingerprint density at radius 2 is 1.95 bits per heavy atom. The van der Waals surface area contributed by atoms with Gasteiger partial charge in [-0.15, -0.1) is 0 Å². The summed E-state index contributed by atoms with van der Waals surface area (Å²) in [5.74, 6) is -0.527. The summed E-state index contributed by atoms with van der Waals surface area (Å²) in [7, 11) is -3.84. The van der Waals surface area contributed by atoms with Gasteiger partial charge in [0.1, 0.15) is 12.4 Å². The molecule has 0 bridgehead atoms. The first-order chi connectivity index (χ1) is 10.5. The van der Waals surface area contributed by atoms with Crippen molar-refractivity contribution in [2.45, 2.75) is 10.9 Å². The maximum Gasteiger partial charge on any atom is 0.335 e. The van der Waals surface area contributed by atoms with Crippen molar-refractivity contribution in [3.8, 4) is 5.75 Å². The Kier molecular flexibility index (Phi) is 3.59. The number of nitrogens with one attached hydrogen (secondary N) is 1. The van der Waals surface area contributed by atoms with Gasteiger partial charge in [-0.1, -0.05) is 24.3 Å². The van der Waals surface area contributed by atoms with Crippen molar-refractivity contribution in [3.63, 3.8) is 0 Å². The fourth-order valence-corrected chi connectivity index (χ4v) is 3.56. The van der Waals surface area contributed by atoms with Crippen molar-refractivity contribution < 1.29 is 23.1 Å². The van der Waals surface area contributed by atoms with Crippen molar-refractivity contribution in [2.24, 2.45) is 0 Å². The van der Waals surface area contributed by atoms with Crippen molar-refractivity contribution in [1.82, 2.24) is 4.72 Å². The molecule has 2 aromatic rings. The molecule has 114 valence electrons. The molecular formula is C15H13NO5S. The molecule has 0 saturated carbocycles. The Labute approximate surface area is 127 Å². The van der Waals surface area contributed by atoms with E-state index in [0.717, 1.165) is 11.6 Å². The van der Waals surface area contributed by atoms with E-state index in [2.05, 4.69) is 4.72 Å². The van der Waals surface area contributed by atoms with Crippen LogP contribution in [0.25, 0.3) is 0 Å². The van der Waals surface area contributed by atoms with Gasteiger partial charge in [-0.3, -0.25) is 0 Å². The zero-order valence-electron chi connectivity index (χ0n) is 11.4. The zero-order chi connectivity index (χ0) is 15.7. The maximum atomic E-state index is 12.4. The largest absolute Gasteiger partial charge is 0.491 e. The number of hydrogen-bond acceptors (Lipinski definition) is 4. The molecular weight excluding hydrogens is 306 g/mol. The molecule has 0 aliphatic carbocycles. The molecule has 7 heteroatoms. The first-order valence-electron chi connectivity index (χ1n) is 6.55. The molecule has 1 heterocycles. The second-order valence-corrected chi connectivity index (χ2v) is 6.57. The zero-order valence-corrected chi connectivity index (χ0v) is 12.2. The third kappa shape index (κ3) is 2.68. The molecule has 0 fully saturated rings. The van der Waals surface area contributed by atoms with Crippen LogP contribution in [0, 0.1) is 0 Å². The van der Waals surface area contributed by atoms with Crippen LogP contribution >= 0.6 is 0 Å². The summed E-state index contributed by atoms with van der Waals surface area (Å²) in [5, 5.41) is 8.95. The number of aromatic carboxylic acids is 1. The monoisotopic (exact) mass is 319 g/mol. The van der Waals surface area contributed by atoms with E-state index in [4.69, 9.17) is 9.84 Å². The predicted octanol–water partition coefficient (Wildman–Crippen LogP) is 1.80. The van der Waals surface area contributed by atoms with Crippen LogP contribution in [0.4, 0.5) is 0 Å². The van der Waals surface area contributed by atoms with Crippen LogP contribution in [0.3, 0.4) is 0 Å². The molecule has 2 aromatic carbocycles. The van der Waals surface area contributed by atoms with Gasteiger partial charge in [-0.2, -0.15) is 0 Å². The van der Waals surface area contributed by atoms with Crippen molar-refractivity contribution in [2.75, 3.05) is 6.61 Å². The predicted molar refractivity (Wildman–Crippen MR) is 78.4 cm³/mol. The summed E-state index contributed by atoms with van der Waals surface area (Å²) >= 11 is 0. The highest BCUT2D eigenvalue weighted by molar-refractivity contribution is 7.89. The highest BCUT2D eigenvalue weighted by Crippen LogP contribution is 2.32. The van der Waals surface area contributed by atoms with Crippen molar-refractivity contribution in [1.29, 1.82) is 0 Å². The summed E-state index contributed by atoms with van der Waals surface area (Å²) in [4.78, 5) is 10.9. The minimum Gasteiger partial charge on any atom is -0.491 e. The Hall–Kier alpha value is -2.38. The molecule has 22 heavy (non-hydrogen) atoms. The Morgan fingerprint density at radius 1 is 1.18 bits per heavy atom. The SMILES string of the molecule is O=C(O)c1cccc(S(=O)(=O)NC2COc3ccccc32)c1. The molecule has 1 aliphatic heterocycles. The molecule has 0 amide bonds. The summed E-state index contributed by atoms with van der Waals surface area (Å²) in [5.41, 5.74) is 0.686. The second kappa shape index (κ2) is 5.43. The Balaban J connectivity index is 1.89.